The largest absolute Gasteiger partial charge is 0.392 e. The molecule has 0 aromatic heterocycles. The number of hydrogen-bond donors (Lipinski definition) is 1. The third kappa shape index (κ3) is 1.60. The molecule has 0 bridgehead atoms. The SMILES string of the molecule is CC1(C)CCCC2(CCCCC2)C1O. The number of aliphatic hydroxyl groups is 1. The van der Waals surface area contributed by atoms with Crippen LogP contribution >= 0.6 is 0 Å². The highest BCUT2D eigenvalue weighted by Crippen LogP contribution is 2.53. The van der Waals surface area contributed by atoms with E-state index < -0.39 is 0 Å². The van der Waals surface area contributed by atoms with E-state index in [2.05, 4.69) is 13.8 Å². The maximum absolute atomic E-state index is 10.5. The van der Waals surface area contributed by atoms with Crippen LogP contribution in [0.15, 0.2) is 0 Å². The molecule has 0 aromatic rings. The Hall–Kier alpha value is -0.0400. The first-order valence-electron chi connectivity index (χ1n) is 6.25. The maximum atomic E-state index is 10.5. The minimum atomic E-state index is -0.0518. The van der Waals surface area contributed by atoms with Crippen LogP contribution in [0.5, 0.6) is 0 Å². The molecule has 0 amide bonds. The lowest BCUT2D eigenvalue weighted by molar-refractivity contribution is -0.109. The van der Waals surface area contributed by atoms with E-state index in [1.165, 1.54) is 51.4 Å². The van der Waals surface area contributed by atoms with Crippen molar-refractivity contribution in [2.24, 2.45) is 10.8 Å². The molecule has 1 heteroatoms. The standard InChI is InChI=1S/C13H24O/c1-12(2)7-6-10-13(11(12)14)8-4-3-5-9-13/h11,14H,3-10H2,1-2H3. The lowest BCUT2D eigenvalue weighted by Crippen LogP contribution is -2.49. The highest BCUT2D eigenvalue weighted by Gasteiger charge is 2.48. The predicted octanol–water partition coefficient (Wildman–Crippen LogP) is 3.51. The summed E-state index contributed by atoms with van der Waals surface area (Å²) >= 11 is 0. The van der Waals surface area contributed by atoms with Gasteiger partial charge in [-0.05, 0) is 36.5 Å². The Kier molecular flexibility index (Phi) is 2.63. The minimum absolute atomic E-state index is 0.0518. The molecule has 2 aliphatic rings. The van der Waals surface area contributed by atoms with Crippen molar-refractivity contribution in [3.8, 4) is 0 Å². The monoisotopic (exact) mass is 196 g/mol. The second kappa shape index (κ2) is 3.52. The lowest BCUT2D eigenvalue weighted by atomic mass is 9.56. The molecule has 0 heterocycles. The van der Waals surface area contributed by atoms with E-state index in [1.807, 2.05) is 0 Å². The Morgan fingerprint density at radius 1 is 0.857 bits per heavy atom. The van der Waals surface area contributed by atoms with Crippen LogP contribution in [0.1, 0.15) is 65.2 Å². The molecule has 1 N–H and O–H groups in total. The van der Waals surface area contributed by atoms with Gasteiger partial charge in [0, 0.05) is 0 Å². The van der Waals surface area contributed by atoms with Gasteiger partial charge in [-0.3, -0.25) is 0 Å². The summed E-state index contributed by atoms with van der Waals surface area (Å²) < 4.78 is 0. The molecule has 1 atom stereocenters. The molecule has 2 rings (SSSR count). The summed E-state index contributed by atoms with van der Waals surface area (Å²) in [6, 6.07) is 0. The Morgan fingerprint density at radius 3 is 2.07 bits per heavy atom. The van der Waals surface area contributed by atoms with E-state index in [9.17, 15) is 5.11 Å². The van der Waals surface area contributed by atoms with E-state index in [0.29, 0.717) is 5.41 Å². The van der Waals surface area contributed by atoms with Crippen LogP contribution in [0.4, 0.5) is 0 Å². The fourth-order valence-electron chi connectivity index (χ4n) is 3.78. The van der Waals surface area contributed by atoms with Crippen molar-refractivity contribution in [2.75, 3.05) is 0 Å². The number of hydrogen-bond acceptors (Lipinski definition) is 1. The molecule has 82 valence electrons. The van der Waals surface area contributed by atoms with Gasteiger partial charge in [0.1, 0.15) is 0 Å². The fraction of sp³-hybridized carbons (Fsp3) is 1.00. The molecule has 0 radical (unpaired) electrons. The third-order valence-electron chi connectivity index (χ3n) is 4.67. The summed E-state index contributed by atoms with van der Waals surface area (Å²) in [4.78, 5) is 0. The molecule has 0 saturated heterocycles. The van der Waals surface area contributed by atoms with E-state index in [0.717, 1.165) is 0 Å². The van der Waals surface area contributed by atoms with Crippen molar-refractivity contribution in [3.05, 3.63) is 0 Å². The van der Waals surface area contributed by atoms with Gasteiger partial charge in [0.15, 0.2) is 0 Å². The van der Waals surface area contributed by atoms with Crippen LogP contribution in [-0.4, -0.2) is 11.2 Å². The number of rotatable bonds is 0. The second-order valence-corrected chi connectivity index (χ2v) is 6.17. The molecule has 2 saturated carbocycles. The molecule has 0 aromatic carbocycles. The Morgan fingerprint density at radius 2 is 1.43 bits per heavy atom. The Labute approximate surface area is 87.9 Å². The average molecular weight is 196 g/mol. The summed E-state index contributed by atoms with van der Waals surface area (Å²) in [5.74, 6) is 0. The zero-order chi connectivity index (χ0) is 10.2. The Balaban J connectivity index is 2.16. The van der Waals surface area contributed by atoms with Gasteiger partial charge in [-0.15, -0.1) is 0 Å². The first-order valence-corrected chi connectivity index (χ1v) is 6.25. The molecule has 1 spiro atoms. The minimum Gasteiger partial charge on any atom is -0.392 e. The van der Waals surface area contributed by atoms with E-state index >= 15 is 0 Å². The van der Waals surface area contributed by atoms with Crippen molar-refractivity contribution in [3.63, 3.8) is 0 Å². The smallest absolute Gasteiger partial charge is 0.0647 e. The van der Waals surface area contributed by atoms with E-state index in [-0.39, 0.29) is 11.5 Å². The van der Waals surface area contributed by atoms with Gasteiger partial charge in [0.05, 0.1) is 6.10 Å². The van der Waals surface area contributed by atoms with Crippen molar-refractivity contribution in [1.29, 1.82) is 0 Å². The molecule has 14 heavy (non-hydrogen) atoms. The van der Waals surface area contributed by atoms with Gasteiger partial charge in [-0.25, -0.2) is 0 Å². The van der Waals surface area contributed by atoms with Crippen LogP contribution in [0.2, 0.25) is 0 Å². The first-order chi connectivity index (χ1) is 6.57. The quantitative estimate of drug-likeness (QED) is 0.628. The van der Waals surface area contributed by atoms with Gasteiger partial charge < -0.3 is 5.11 Å². The fourth-order valence-corrected chi connectivity index (χ4v) is 3.78. The van der Waals surface area contributed by atoms with Crippen molar-refractivity contribution in [2.45, 2.75) is 71.3 Å². The van der Waals surface area contributed by atoms with Gasteiger partial charge in [0.2, 0.25) is 0 Å². The van der Waals surface area contributed by atoms with Crippen molar-refractivity contribution < 1.29 is 5.11 Å². The van der Waals surface area contributed by atoms with Gasteiger partial charge >= 0.3 is 0 Å². The zero-order valence-corrected chi connectivity index (χ0v) is 9.68. The van der Waals surface area contributed by atoms with E-state index in [4.69, 9.17) is 0 Å². The molecular formula is C13H24O. The average Bonchev–Trinajstić information content (AvgIpc) is 2.16. The zero-order valence-electron chi connectivity index (χ0n) is 9.68. The molecule has 0 aliphatic heterocycles. The highest BCUT2D eigenvalue weighted by atomic mass is 16.3. The van der Waals surface area contributed by atoms with Crippen LogP contribution in [0, 0.1) is 10.8 Å². The summed E-state index contributed by atoms with van der Waals surface area (Å²) in [5.41, 5.74) is 0.468. The summed E-state index contributed by atoms with van der Waals surface area (Å²) in [5, 5.41) is 10.5. The van der Waals surface area contributed by atoms with Crippen molar-refractivity contribution >= 4 is 0 Å². The second-order valence-electron chi connectivity index (χ2n) is 6.17. The first kappa shape index (κ1) is 10.5. The molecule has 2 fully saturated rings. The van der Waals surface area contributed by atoms with Crippen molar-refractivity contribution in [1.82, 2.24) is 0 Å². The molecule has 2 aliphatic carbocycles. The molecular weight excluding hydrogens is 172 g/mol. The molecule has 1 nitrogen and oxygen atoms in total. The summed E-state index contributed by atoms with van der Waals surface area (Å²) in [7, 11) is 0. The van der Waals surface area contributed by atoms with Crippen LogP contribution < -0.4 is 0 Å². The number of aliphatic hydroxyl groups excluding tert-OH is 1. The third-order valence-corrected chi connectivity index (χ3v) is 4.67. The summed E-state index contributed by atoms with van der Waals surface area (Å²) in [6.45, 7) is 4.49. The highest BCUT2D eigenvalue weighted by molar-refractivity contribution is 4.99. The van der Waals surface area contributed by atoms with Gasteiger partial charge in [-0.2, -0.15) is 0 Å². The van der Waals surface area contributed by atoms with Crippen LogP contribution in [0.25, 0.3) is 0 Å². The van der Waals surface area contributed by atoms with Gasteiger partial charge in [0.25, 0.3) is 0 Å². The van der Waals surface area contributed by atoms with Crippen LogP contribution in [-0.2, 0) is 0 Å². The Bertz CT molecular complexity index is 196. The maximum Gasteiger partial charge on any atom is 0.0647 e. The molecule has 1 unspecified atom stereocenters. The van der Waals surface area contributed by atoms with Gasteiger partial charge in [-0.1, -0.05) is 39.5 Å². The lowest BCUT2D eigenvalue weighted by Gasteiger charge is -2.51. The van der Waals surface area contributed by atoms with Crippen LogP contribution in [0.3, 0.4) is 0 Å². The van der Waals surface area contributed by atoms with E-state index in [1.54, 1.807) is 0 Å². The normalized spacial score (nSPS) is 35.8. The topological polar surface area (TPSA) is 20.2 Å². The predicted molar refractivity (Wildman–Crippen MR) is 59.2 cm³/mol. The summed E-state index contributed by atoms with van der Waals surface area (Å²) in [6.07, 6.45) is 10.4.